The van der Waals surface area contributed by atoms with Gasteiger partial charge in [0.05, 0.1) is 6.54 Å². The van der Waals surface area contributed by atoms with Crippen LogP contribution in [0.5, 0.6) is 0 Å². The van der Waals surface area contributed by atoms with Crippen molar-refractivity contribution in [2.45, 2.75) is 65.5 Å². The highest BCUT2D eigenvalue weighted by Crippen LogP contribution is 2.08. The van der Waals surface area contributed by atoms with Gasteiger partial charge in [0.2, 0.25) is 5.91 Å². The monoisotopic (exact) mass is 283 g/mol. The third kappa shape index (κ3) is 6.71. The third-order valence-corrected chi connectivity index (χ3v) is 4.22. The highest BCUT2D eigenvalue weighted by atomic mass is 16.2. The number of hydrogen-bond acceptors (Lipinski definition) is 3. The van der Waals surface area contributed by atoms with Gasteiger partial charge in [-0.3, -0.25) is 9.69 Å². The van der Waals surface area contributed by atoms with Crippen molar-refractivity contribution in [3.05, 3.63) is 0 Å². The molecule has 0 aliphatic carbocycles. The fraction of sp³-hybridized carbons (Fsp3) is 0.938. The van der Waals surface area contributed by atoms with E-state index in [9.17, 15) is 4.79 Å². The minimum absolute atomic E-state index is 0.167. The van der Waals surface area contributed by atoms with Crippen LogP contribution in [0, 0.1) is 5.92 Å². The highest BCUT2D eigenvalue weighted by Gasteiger charge is 2.20. The van der Waals surface area contributed by atoms with Crippen LogP contribution in [0.15, 0.2) is 0 Å². The topological polar surface area (TPSA) is 44.4 Å². The van der Waals surface area contributed by atoms with Gasteiger partial charge in [-0.1, -0.05) is 27.2 Å². The third-order valence-electron chi connectivity index (χ3n) is 4.22. The van der Waals surface area contributed by atoms with Crippen molar-refractivity contribution in [1.29, 1.82) is 0 Å². The van der Waals surface area contributed by atoms with Gasteiger partial charge >= 0.3 is 0 Å². The Kier molecular flexibility index (Phi) is 8.15. The largest absolute Gasteiger partial charge is 0.352 e. The van der Waals surface area contributed by atoms with Gasteiger partial charge in [-0.25, -0.2) is 0 Å². The molecule has 1 amide bonds. The van der Waals surface area contributed by atoms with E-state index in [0.29, 0.717) is 18.5 Å². The Balaban J connectivity index is 2.39. The van der Waals surface area contributed by atoms with Crippen molar-refractivity contribution >= 4 is 5.91 Å². The van der Waals surface area contributed by atoms with Gasteiger partial charge in [0.1, 0.15) is 0 Å². The van der Waals surface area contributed by atoms with Gasteiger partial charge in [0, 0.05) is 18.6 Å². The first-order valence-corrected chi connectivity index (χ1v) is 8.28. The summed E-state index contributed by atoms with van der Waals surface area (Å²) in [7, 11) is 0. The summed E-state index contributed by atoms with van der Waals surface area (Å²) < 4.78 is 0. The average Bonchev–Trinajstić information content (AvgIpc) is 2.88. The van der Waals surface area contributed by atoms with E-state index in [-0.39, 0.29) is 11.9 Å². The molecule has 0 saturated carbocycles. The van der Waals surface area contributed by atoms with Crippen LogP contribution in [-0.4, -0.2) is 49.1 Å². The normalized spacial score (nSPS) is 20.6. The van der Waals surface area contributed by atoms with Crippen LogP contribution in [0.25, 0.3) is 0 Å². The molecular formula is C16H33N3O. The minimum Gasteiger partial charge on any atom is -0.352 e. The average molecular weight is 283 g/mol. The maximum absolute atomic E-state index is 12.1. The summed E-state index contributed by atoms with van der Waals surface area (Å²) in [4.78, 5) is 14.4. The first-order valence-electron chi connectivity index (χ1n) is 8.28. The second-order valence-electron chi connectivity index (χ2n) is 6.48. The van der Waals surface area contributed by atoms with Gasteiger partial charge in [-0.05, 0) is 45.2 Å². The Hall–Kier alpha value is -0.610. The van der Waals surface area contributed by atoms with E-state index in [4.69, 9.17) is 0 Å². The van der Waals surface area contributed by atoms with Gasteiger partial charge in [-0.2, -0.15) is 0 Å². The number of amides is 1. The molecule has 20 heavy (non-hydrogen) atoms. The highest BCUT2D eigenvalue weighted by molar-refractivity contribution is 5.78. The van der Waals surface area contributed by atoms with Crippen LogP contribution in [0.4, 0.5) is 0 Å². The van der Waals surface area contributed by atoms with E-state index in [1.165, 1.54) is 25.7 Å². The molecule has 0 radical (unpaired) electrons. The number of unbranched alkanes of at least 4 members (excludes halogenated alkanes) is 1. The number of nitrogens with zero attached hydrogens (tertiary/aromatic N) is 1. The van der Waals surface area contributed by atoms with Gasteiger partial charge in [-0.15, -0.1) is 0 Å². The molecule has 1 aliphatic heterocycles. The molecule has 0 aromatic rings. The van der Waals surface area contributed by atoms with Crippen molar-refractivity contribution in [1.82, 2.24) is 15.5 Å². The minimum atomic E-state index is 0.167. The summed E-state index contributed by atoms with van der Waals surface area (Å²) in [6, 6.07) is 0.822. The molecular weight excluding hydrogens is 250 g/mol. The number of carbonyl (C=O) groups excluding carboxylic acids is 1. The van der Waals surface area contributed by atoms with Gasteiger partial charge < -0.3 is 10.6 Å². The second kappa shape index (κ2) is 9.35. The molecule has 0 spiro atoms. The van der Waals surface area contributed by atoms with E-state index >= 15 is 0 Å². The lowest BCUT2D eigenvalue weighted by molar-refractivity contribution is -0.123. The Morgan fingerprint density at radius 1 is 1.40 bits per heavy atom. The summed E-state index contributed by atoms with van der Waals surface area (Å²) in [5.41, 5.74) is 0. The lowest BCUT2D eigenvalue weighted by Gasteiger charge is -2.26. The van der Waals surface area contributed by atoms with Crippen molar-refractivity contribution in [3.8, 4) is 0 Å². The van der Waals surface area contributed by atoms with Crippen molar-refractivity contribution < 1.29 is 4.79 Å². The number of hydrogen-bond donors (Lipinski definition) is 2. The molecule has 4 heteroatoms. The molecule has 1 heterocycles. The molecule has 0 aromatic carbocycles. The summed E-state index contributed by atoms with van der Waals surface area (Å²) in [5.74, 6) is 0.653. The molecule has 1 saturated heterocycles. The SMILES string of the molecule is CCCCN(CC(=O)NC(C)C(C)C)CC1CCCN1. The van der Waals surface area contributed by atoms with Gasteiger partial charge in [0.15, 0.2) is 0 Å². The Bertz CT molecular complexity index is 275. The van der Waals surface area contributed by atoms with Crippen LogP contribution >= 0.6 is 0 Å². The van der Waals surface area contributed by atoms with Crippen molar-refractivity contribution in [2.75, 3.05) is 26.2 Å². The molecule has 0 aromatic heterocycles. The first-order chi connectivity index (χ1) is 9.52. The van der Waals surface area contributed by atoms with E-state index < -0.39 is 0 Å². The zero-order valence-electron chi connectivity index (χ0n) is 13.7. The zero-order valence-corrected chi connectivity index (χ0v) is 13.7. The maximum Gasteiger partial charge on any atom is 0.234 e. The molecule has 0 bridgehead atoms. The van der Waals surface area contributed by atoms with E-state index in [0.717, 1.165) is 19.6 Å². The Morgan fingerprint density at radius 2 is 2.15 bits per heavy atom. The predicted octanol–water partition coefficient (Wildman–Crippen LogP) is 2.00. The zero-order chi connectivity index (χ0) is 15.0. The Morgan fingerprint density at radius 3 is 2.70 bits per heavy atom. The molecule has 1 aliphatic rings. The number of rotatable bonds is 9. The second-order valence-corrected chi connectivity index (χ2v) is 6.48. The molecule has 2 N–H and O–H groups in total. The van der Waals surface area contributed by atoms with E-state index in [1.54, 1.807) is 0 Å². The lowest BCUT2D eigenvalue weighted by atomic mass is 10.1. The molecule has 118 valence electrons. The quantitative estimate of drug-likeness (QED) is 0.680. The fourth-order valence-corrected chi connectivity index (χ4v) is 2.51. The maximum atomic E-state index is 12.1. The van der Waals surface area contributed by atoms with Crippen LogP contribution in [0.2, 0.25) is 0 Å². The van der Waals surface area contributed by atoms with Crippen LogP contribution in [0.1, 0.15) is 53.4 Å². The lowest BCUT2D eigenvalue weighted by Crippen LogP contribution is -2.46. The van der Waals surface area contributed by atoms with Gasteiger partial charge in [0.25, 0.3) is 0 Å². The smallest absolute Gasteiger partial charge is 0.234 e. The molecule has 1 rings (SSSR count). The number of nitrogens with one attached hydrogen (secondary N) is 2. The molecule has 2 unspecified atom stereocenters. The van der Waals surface area contributed by atoms with Crippen LogP contribution in [0.3, 0.4) is 0 Å². The standard InChI is InChI=1S/C16H33N3O/c1-5-6-10-19(11-15-8-7-9-17-15)12-16(20)18-14(4)13(2)3/h13-15,17H,5-12H2,1-4H3,(H,18,20). The van der Waals surface area contributed by atoms with Crippen LogP contribution < -0.4 is 10.6 Å². The van der Waals surface area contributed by atoms with Crippen molar-refractivity contribution in [2.24, 2.45) is 5.92 Å². The fourth-order valence-electron chi connectivity index (χ4n) is 2.51. The molecule has 2 atom stereocenters. The molecule has 4 nitrogen and oxygen atoms in total. The first kappa shape index (κ1) is 17.4. The summed E-state index contributed by atoms with van der Waals surface area (Å²) in [5, 5.41) is 6.63. The Labute approximate surface area is 124 Å². The summed E-state index contributed by atoms with van der Waals surface area (Å²) in [6.07, 6.45) is 4.86. The number of carbonyl (C=O) groups is 1. The molecule has 1 fully saturated rings. The van der Waals surface area contributed by atoms with Crippen LogP contribution in [-0.2, 0) is 4.79 Å². The summed E-state index contributed by atoms with van der Waals surface area (Å²) in [6.45, 7) is 12.3. The van der Waals surface area contributed by atoms with E-state index in [1.807, 2.05) is 0 Å². The predicted molar refractivity (Wildman–Crippen MR) is 84.8 cm³/mol. The van der Waals surface area contributed by atoms with Crippen molar-refractivity contribution in [3.63, 3.8) is 0 Å². The van der Waals surface area contributed by atoms with E-state index in [2.05, 4.69) is 43.2 Å². The summed E-state index contributed by atoms with van der Waals surface area (Å²) >= 11 is 0.